The number of rotatable bonds is 9. The molecule has 0 aliphatic heterocycles. The molecule has 1 amide bonds. The van der Waals surface area contributed by atoms with Crippen LogP contribution in [0, 0.1) is 10.1 Å². The van der Waals surface area contributed by atoms with Crippen molar-refractivity contribution in [1.82, 2.24) is 5.32 Å². The highest BCUT2D eigenvalue weighted by molar-refractivity contribution is 5.94. The van der Waals surface area contributed by atoms with Crippen LogP contribution in [0.1, 0.15) is 10.4 Å². The first-order valence-corrected chi connectivity index (χ1v) is 8.20. The zero-order valence-electron chi connectivity index (χ0n) is 15.0. The molecule has 0 aliphatic rings. The third-order valence-corrected chi connectivity index (χ3v) is 3.61. The monoisotopic (exact) mass is 389 g/mol. The van der Waals surface area contributed by atoms with Gasteiger partial charge in [-0.2, -0.15) is 0 Å². The van der Waals surface area contributed by atoms with E-state index in [4.69, 9.17) is 9.47 Å². The summed E-state index contributed by atoms with van der Waals surface area (Å²) in [5, 5.41) is 25.9. The van der Waals surface area contributed by atoms with Gasteiger partial charge in [0.15, 0.2) is 6.61 Å². The summed E-state index contributed by atoms with van der Waals surface area (Å²) in [5.74, 6) is -1.27. The Morgan fingerprint density at radius 2 is 1.86 bits per heavy atom. The second kappa shape index (κ2) is 9.76. The van der Waals surface area contributed by atoms with Gasteiger partial charge in [0.05, 0.1) is 12.0 Å². The number of esters is 1. The van der Waals surface area contributed by atoms with Gasteiger partial charge in [-0.05, 0) is 24.3 Å². The number of hydrogen-bond acceptors (Lipinski definition) is 8. The quantitative estimate of drug-likeness (QED) is 0.255. The zero-order valence-corrected chi connectivity index (χ0v) is 15.0. The maximum Gasteiger partial charge on any atom is 0.342 e. The van der Waals surface area contributed by atoms with Crippen LogP contribution < -0.4 is 15.4 Å². The number of non-ortho nitro benzene ring substituents is 1. The molecule has 0 aliphatic carbocycles. The number of ether oxygens (including phenoxy) is 2. The Morgan fingerprint density at radius 1 is 1.14 bits per heavy atom. The fourth-order valence-electron chi connectivity index (χ4n) is 2.18. The predicted octanol–water partition coefficient (Wildman–Crippen LogP) is 1.69. The smallest absolute Gasteiger partial charge is 0.342 e. The van der Waals surface area contributed by atoms with E-state index in [-0.39, 0.29) is 23.5 Å². The topological polar surface area (TPSA) is 140 Å². The van der Waals surface area contributed by atoms with E-state index in [1.54, 1.807) is 12.1 Å². The predicted molar refractivity (Wildman–Crippen MR) is 99.5 cm³/mol. The third-order valence-electron chi connectivity index (χ3n) is 3.61. The Kier molecular flexibility index (Phi) is 7.14. The molecule has 2 rings (SSSR count). The zero-order chi connectivity index (χ0) is 20.5. The van der Waals surface area contributed by atoms with Crippen LogP contribution in [0.4, 0.5) is 11.4 Å². The minimum Gasteiger partial charge on any atom is -0.507 e. The number of hydrogen-bond donors (Lipinski definition) is 3. The van der Waals surface area contributed by atoms with Gasteiger partial charge in [0.2, 0.25) is 0 Å². The Labute approximate surface area is 160 Å². The number of amides is 1. The first-order chi connectivity index (χ1) is 13.4. The van der Waals surface area contributed by atoms with Gasteiger partial charge in [-0.25, -0.2) is 4.79 Å². The SMILES string of the molecule is COc1ccc(C(=O)OCC(=O)NCCNc2ccc([N+](=O)[O-])cc2)c(O)c1. The number of nitrogens with one attached hydrogen (secondary N) is 2. The standard InChI is InChI=1S/C18H19N3O7/c1-27-14-6-7-15(16(22)10-14)18(24)28-11-17(23)20-9-8-19-12-2-4-13(5-3-12)21(25)26/h2-7,10,19,22H,8-9,11H2,1H3,(H,20,23). The number of nitro benzene ring substituents is 1. The van der Waals surface area contributed by atoms with Gasteiger partial charge in [-0.15, -0.1) is 0 Å². The van der Waals surface area contributed by atoms with Crippen molar-refractivity contribution in [2.24, 2.45) is 0 Å². The number of nitro groups is 1. The minimum atomic E-state index is -0.834. The van der Waals surface area contributed by atoms with Crippen molar-refractivity contribution in [2.45, 2.75) is 0 Å². The molecule has 0 radical (unpaired) electrons. The first-order valence-electron chi connectivity index (χ1n) is 8.20. The van der Waals surface area contributed by atoms with Crippen LogP contribution in [0.3, 0.4) is 0 Å². The van der Waals surface area contributed by atoms with Crippen molar-refractivity contribution in [3.63, 3.8) is 0 Å². The average molecular weight is 389 g/mol. The molecule has 2 aromatic carbocycles. The second-order valence-corrected chi connectivity index (χ2v) is 5.54. The van der Waals surface area contributed by atoms with Crippen LogP contribution in [-0.4, -0.2) is 48.7 Å². The Bertz CT molecular complexity index is 853. The van der Waals surface area contributed by atoms with Crippen molar-refractivity contribution in [3.05, 3.63) is 58.1 Å². The molecular formula is C18H19N3O7. The molecule has 10 heteroatoms. The molecule has 3 N–H and O–H groups in total. The summed E-state index contributed by atoms with van der Waals surface area (Å²) < 4.78 is 9.78. The number of benzene rings is 2. The molecule has 0 unspecified atom stereocenters. The highest BCUT2D eigenvalue weighted by Gasteiger charge is 2.15. The van der Waals surface area contributed by atoms with E-state index >= 15 is 0 Å². The molecule has 148 valence electrons. The van der Waals surface area contributed by atoms with Crippen LogP contribution >= 0.6 is 0 Å². The highest BCUT2D eigenvalue weighted by atomic mass is 16.6. The normalized spacial score (nSPS) is 10.0. The first kappa shape index (κ1) is 20.5. The summed E-state index contributed by atoms with van der Waals surface area (Å²) in [6, 6.07) is 9.94. The number of carbonyl (C=O) groups excluding carboxylic acids is 2. The van der Waals surface area contributed by atoms with E-state index in [9.17, 15) is 24.8 Å². The average Bonchev–Trinajstić information content (AvgIpc) is 2.69. The fourth-order valence-corrected chi connectivity index (χ4v) is 2.18. The third kappa shape index (κ3) is 5.87. The van der Waals surface area contributed by atoms with Gasteiger partial charge < -0.3 is 25.2 Å². The largest absolute Gasteiger partial charge is 0.507 e. The Morgan fingerprint density at radius 3 is 2.46 bits per heavy atom. The second-order valence-electron chi connectivity index (χ2n) is 5.54. The van der Waals surface area contributed by atoms with Gasteiger partial charge in [-0.1, -0.05) is 0 Å². The summed E-state index contributed by atoms with van der Waals surface area (Å²) in [5.41, 5.74) is 0.582. The number of anilines is 1. The van der Waals surface area contributed by atoms with Crippen molar-refractivity contribution in [3.8, 4) is 11.5 Å². The number of phenols is 1. The van der Waals surface area contributed by atoms with Crippen molar-refractivity contribution >= 4 is 23.3 Å². The molecule has 2 aromatic rings. The van der Waals surface area contributed by atoms with E-state index in [1.165, 1.54) is 37.4 Å². The minimum absolute atomic E-state index is 0.0106. The fraction of sp³-hybridized carbons (Fsp3) is 0.222. The summed E-state index contributed by atoms with van der Waals surface area (Å²) in [6.45, 7) is 0.125. The number of aromatic hydroxyl groups is 1. The molecular weight excluding hydrogens is 370 g/mol. The Hall–Kier alpha value is -3.82. The number of methoxy groups -OCH3 is 1. The maximum atomic E-state index is 11.9. The van der Waals surface area contributed by atoms with Crippen LogP contribution in [0.15, 0.2) is 42.5 Å². The maximum absolute atomic E-state index is 11.9. The van der Waals surface area contributed by atoms with Crippen LogP contribution in [0.2, 0.25) is 0 Å². The van der Waals surface area contributed by atoms with Gasteiger partial charge in [0.1, 0.15) is 17.1 Å². The summed E-state index contributed by atoms with van der Waals surface area (Å²) in [4.78, 5) is 33.7. The van der Waals surface area contributed by atoms with Gasteiger partial charge in [0.25, 0.3) is 11.6 Å². The molecule has 10 nitrogen and oxygen atoms in total. The van der Waals surface area contributed by atoms with Gasteiger partial charge in [0, 0.05) is 37.0 Å². The summed E-state index contributed by atoms with van der Waals surface area (Å²) >= 11 is 0. The lowest BCUT2D eigenvalue weighted by atomic mass is 10.2. The molecule has 0 spiro atoms. The molecule has 0 aromatic heterocycles. The lowest BCUT2D eigenvalue weighted by molar-refractivity contribution is -0.384. The summed E-state index contributed by atoms with van der Waals surface area (Å²) in [7, 11) is 1.42. The molecule has 0 saturated carbocycles. The van der Waals surface area contributed by atoms with Crippen molar-refractivity contribution in [2.75, 3.05) is 32.1 Å². The Balaban J connectivity index is 1.69. The van der Waals surface area contributed by atoms with Crippen LogP contribution in [0.5, 0.6) is 11.5 Å². The number of nitrogens with zero attached hydrogens (tertiary/aromatic N) is 1. The van der Waals surface area contributed by atoms with Crippen molar-refractivity contribution < 1.29 is 29.1 Å². The molecule has 0 fully saturated rings. The van der Waals surface area contributed by atoms with E-state index in [0.717, 1.165) is 0 Å². The molecule has 0 atom stereocenters. The molecule has 0 saturated heterocycles. The van der Waals surface area contributed by atoms with E-state index in [2.05, 4.69) is 10.6 Å². The molecule has 0 bridgehead atoms. The van der Waals surface area contributed by atoms with E-state index < -0.39 is 23.4 Å². The number of phenolic OH excluding ortho intramolecular Hbond substituents is 1. The van der Waals surface area contributed by atoms with Gasteiger partial charge in [-0.3, -0.25) is 14.9 Å². The molecule has 28 heavy (non-hydrogen) atoms. The number of carbonyl (C=O) groups is 2. The van der Waals surface area contributed by atoms with E-state index in [0.29, 0.717) is 18.0 Å². The molecule has 0 heterocycles. The lowest BCUT2D eigenvalue weighted by Crippen LogP contribution is -2.32. The van der Waals surface area contributed by atoms with Crippen LogP contribution in [-0.2, 0) is 9.53 Å². The van der Waals surface area contributed by atoms with Crippen LogP contribution in [0.25, 0.3) is 0 Å². The van der Waals surface area contributed by atoms with Crippen molar-refractivity contribution in [1.29, 1.82) is 0 Å². The van der Waals surface area contributed by atoms with E-state index in [1.807, 2.05) is 0 Å². The lowest BCUT2D eigenvalue weighted by Gasteiger charge is -2.09. The van der Waals surface area contributed by atoms with Gasteiger partial charge >= 0.3 is 5.97 Å². The highest BCUT2D eigenvalue weighted by Crippen LogP contribution is 2.23. The summed E-state index contributed by atoms with van der Waals surface area (Å²) in [6.07, 6.45) is 0.